The summed E-state index contributed by atoms with van der Waals surface area (Å²) < 4.78 is 0. The molecule has 0 aliphatic heterocycles. The molecule has 0 saturated heterocycles. The summed E-state index contributed by atoms with van der Waals surface area (Å²) in [4.78, 5) is 6.98. The van der Waals surface area contributed by atoms with E-state index in [1.165, 1.54) is 17.4 Å². The normalized spacial score (nSPS) is 11.3. The average molecular weight is 307 g/mol. The van der Waals surface area contributed by atoms with Crippen LogP contribution in [0, 0.1) is 0 Å². The van der Waals surface area contributed by atoms with Crippen LogP contribution in [0.3, 0.4) is 0 Å². The van der Waals surface area contributed by atoms with Crippen molar-refractivity contribution in [2.24, 2.45) is 0 Å². The number of alkyl halides is 1. The third-order valence-corrected chi connectivity index (χ3v) is 3.73. The van der Waals surface area contributed by atoms with Crippen LogP contribution in [-0.2, 0) is 6.54 Å². The minimum Gasteiger partial charge on any atom is -0.299 e. The van der Waals surface area contributed by atoms with Gasteiger partial charge in [0.2, 0.25) is 0 Å². The van der Waals surface area contributed by atoms with Gasteiger partial charge in [0.05, 0.1) is 5.52 Å². The van der Waals surface area contributed by atoms with E-state index < -0.39 is 0 Å². The van der Waals surface area contributed by atoms with Crippen LogP contribution in [0.1, 0.15) is 18.9 Å². The van der Waals surface area contributed by atoms with E-state index in [-0.39, 0.29) is 0 Å². The molecular weight excluding hydrogens is 288 g/mol. The number of hydrogen-bond donors (Lipinski definition) is 0. The van der Waals surface area contributed by atoms with Gasteiger partial charge in [-0.3, -0.25) is 9.88 Å². The van der Waals surface area contributed by atoms with E-state index in [1.54, 1.807) is 0 Å². The maximum absolute atomic E-state index is 4.51. The molecule has 0 bridgehead atoms. The lowest BCUT2D eigenvalue weighted by Gasteiger charge is -2.20. The number of fused-ring (bicyclic) bond motifs is 1. The Morgan fingerprint density at radius 2 is 2.06 bits per heavy atom. The Kier molecular flexibility index (Phi) is 5.14. The Balaban J connectivity index is 2.19. The molecule has 0 saturated carbocycles. The smallest absolute Gasteiger partial charge is 0.0746 e. The number of halogens is 1. The molecule has 0 radical (unpaired) electrons. The van der Waals surface area contributed by atoms with Gasteiger partial charge < -0.3 is 0 Å². The van der Waals surface area contributed by atoms with Crippen LogP contribution < -0.4 is 0 Å². The maximum Gasteiger partial charge on any atom is 0.0746 e. The van der Waals surface area contributed by atoms with Crippen molar-refractivity contribution in [2.45, 2.75) is 19.9 Å². The highest BCUT2D eigenvalue weighted by Gasteiger charge is 2.06. The quantitative estimate of drug-likeness (QED) is 0.754. The second-order valence-corrected chi connectivity index (χ2v) is 5.20. The topological polar surface area (TPSA) is 16.1 Å². The summed E-state index contributed by atoms with van der Waals surface area (Å²) in [7, 11) is 0. The number of nitrogens with zero attached hydrogens (tertiary/aromatic N) is 2. The summed E-state index contributed by atoms with van der Waals surface area (Å²) in [5, 5.41) is 2.30. The number of rotatable bonds is 6. The minimum absolute atomic E-state index is 0.984. The molecule has 96 valence electrons. The fraction of sp³-hybridized carbons (Fsp3) is 0.400. The first kappa shape index (κ1) is 13.5. The minimum atomic E-state index is 0.984. The van der Waals surface area contributed by atoms with Gasteiger partial charge in [-0.25, -0.2) is 0 Å². The summed E-state index contributed by atoms with van der Waals surface area (Å²) in [5.41, 5.74) is 2.46. The second kappa shape index (κ2) is 6.86. The van der Waals surface area contributed by atoms with Crippen molar-refractivity contribution in [3.05, 3.63) is 42.1 Å². The third-order valence-electron chi connectivity index (χ3n) is 3.17. The summed E-state index contributed by atoms with van der Waals surface area (Å²) >= 11 is 3.49. The van der Waals surface area contributed by atoms with Crippen molar-refractivity contribution in [3.8, 4) is 0 Å². The van der Waals surface area contributed by atoms with E-state index >= 15 is 0 Å². The molecule has 2 nitrogen and oxygen atoms in total. The summed E-state index contributed by atoms with van der Waals surface area (Å²) in [6.07, 6.45) is 3.06. The predicted octanol–water partition coefficient (Wildman–Crippen LogP) is 3.84. The first-order valence-corrected chi connectivity index (χ1v) is 7.58. The average Bonchev–Trinajstić information content (AvgIpc) is 2.43. The Bertz CT molecular complexity index is 493. The highest BCUT2D eigenvalue weighted by Crippen LogP contribution is 2.17. The van der Waals surface area contributed by atoms with Crippen molar-refractivity contribution in [1.29, 1.82) is 0 Å². The van der Waals surface area contributed by atoms with Crippen molar-refractivity contribution < 1.29 is 0 Å². The molecule has 0 fully saturated rings. The van der Waals surface area contributed by atoms with Gasteiger partial charge in [-0.2, -0.15) is 0 Å². The molecule has 1 aromatic heterocycles. The second-order valence-electron chi connectivity index (χ2n) is 4.40. The number of para-hydroxylation sites is 1. The summed E-state index contributed by atoms with van der Waals surface area (Å²) in [6.45, 7) is 5.41. The monoisotopic (exact) mass is 306 g/mol. The highest BCUT2D eigenvalue weighted by molar-refractivity contribution is 9.09. The van der Waals surface area contributed by atoms with Gasteiger partial charge in [0.15, 0.2) is 0 Å². The van der Waals surface area contributed by atoms with Crippen molar-refractivity contribution in [2.75, 3.05) is 18.4 Å². The fourth-order valence-corrected chi connectivity index (χ4v) is 2.42. The fourth-order valence-electron chi connectivity index (χ4n) is 2.17. The van der Waals surface area contributed by atoms with Crippen LogP contribution in [0.25, 0.3) is 10.9 Å². The summed E-state index contributed by atoms with van der Waals surface area (Å²) in [6, 6.07) is 10.6. The van der Waals surface area contributed by atoms with E-state index in [1.807, 2.05) is 12.3 Å². The van der Waals surface area contributed by atoms with Crippen LogP contribution in [0.4, 0.5) is 0 Å². The van der Waals surface area contributed by atoms with E-state index in [9.17, 15) is 0 Å². The molecule has 0 aliphatic rings. The zero-order valence-corrected chi connectivity index (χ0v) is 12.4. The lowest BCUT2D eigenvalue weighted by atomic mass is 10.1. The van der Waals surface area contributed by atoms with Gasteiger partial charge in [0.25, 0.3) is 0 Å². The third kappa shape index (κ3) is 3.30. The molecule has 0 aliphatic carbocycles. The summed E-state index contributed by atoms with van der Waals surface area (Å²) in [5.74, 6) is 0. The molecule has 1 aromatic carbocycles. The zero-order chi connectivity index (χ0) is 12.8. The first-order valence-electron chi connectivity index (χ1n) is 6.46. The zero-order valence-electron chi connectivity index (χ0n) is 10.8. The number of benzene rings is 1. The van der Waals surface area contributed by atoms with Gasteiger partial charge in [0.1, 0.15) is 0 Å². The predicted molar refractivity (Wildman–Crippen MR) is 81.1 cm³/mol. The van der Waals surface area contributed by atoms with Crippen LogP contribution >= 0.6 is 15.9 Å². The first-order chi connectivity index (χ1) is 8.85. The molecule has 0 unspecified atom stereocenters. The lowest BCUT2D eigenvalue weighted by Crippen LogP contribution is -2.24. The van der Waals surface area contributed by atoms with Crippen molar-refractivity contribution in [3.63, 3.8) is 0 Å². The molecule has 0 N–H and O–H groups in total. The Labute approximate surface area is 117 Å². The molecule has 18 heavy (non-hydrogen) atoms. The van der Waals surface area contributed by atoms with Crippen LogP contribution in [-0.4, -0.2) is 28.3 Å². The number of pyridine rings is 1. The number of aromatic nitrogens is 1. The van der Waals surface area contributed by atoms with E-state index in [0.29, 0.717) is 0 Å². The number of hydrogen-bond acceptors (Lipinski definition) is 2. The standard InChI is InChI=1S/C15H19BrN2/c1-2-18(11-5-9-16)12-14-7-3-6-13-8-4-10-17-15(13)14/h3-4,6-8,10H,2,5,9,11-12H2,1H3. The molecule has 0 amide bonds. The molecule has 1 heterocycles. The maximum atomic E-state index is 4.51. The highest BCUT2D eigenvalue weighted by atomic mass is 79.9. The van der Waals surface area contributed by atoms with Gasteiger partial charge in [-0.05, 0) is 31.1 Å². The van der Waals surface area contributed by atoms with E-state index in [4.69, 9.17) is 0 Å². The molecule has 2 rings (SSSR count). The largest absolute Gasteiger partial charge is 0.299 e. The van der Waals surface area contributed by atoms with Gasteiger partial charge in [-0.15, -0.1) is 0 Å². The van der Waals surface area contributed by atoms with Gasteiger partial charge in [0, 0.05) is 23.5 Å². The molecular formula is C15H19BrN2. The molecule has 0 spiro atoms. The lowest BCUT2D eigenvalue weighted by molar-refractivity contribution is 0.282. The van der Waals surface area contributed by atoms with Crippen molar-refractivity contribution >= 4 is 26.8 Å². The van der Waals surface area contributed by atoms with Crippen molar-refractivity contribution in [1.82, 2.24) is 9.88 Å². The van der Waals surface area contributed by atoms with Crippen LogP contribution in [0.2, 0.25) is 0 Å². The molecule has 0 atom stereocenters. The van der Waals surface area contributed by atoms with E-state index in [0.717, 1.165) is 30.5 Å². The van der Waals surface area contributed by atoms with Crippen LogP contribution in [0.15, 0.2) is 36.5 Å². The Morgan fingerprint density at radius 3 is 2.83 bits per heavy atom. The Hall–Kier alpha value is -0.930. The van der Waals surface area contributed by atoms with E-state index in [2.05, 4.69) is 57.0 Å². The Morgan fingerprint density at radius 1 is 1.22 bits per heavy atom. The SMILES string of the molecule is CCN(CCCBr)Cc1cccc2cccnc12. The van der Waals surface area contributed by atoms with Gasteiger partial charge >= 0.3 is 0 Å². The molecule has 3 heteroatoms. The molecule has 2 aromatic rings. The van der Waals surface area contributed by atoms with Gasteiger partial charge in [-0.1, -0.05) is 47.1 Å². The van der Waals surface area contributed by atoms with Crippen LogP contribution in [0.5, 0.6) is 0 Å².